The summed E-state index contributed by atoms with van der Waals surface area (Å²) in [5.41, 5.74) is 0.648. The van der Waals surface area contributed by atoms with E-state index in [1.165, 1.54) is 24.3 Å². The highest BCUT2D eigenvalue weighted by Crippen LogP contribution is 2.33. The Morgan fingerprint density at radius 2 is 1.83 bits per heavy atom. The summed E-state index contributed by atoms with van der Waals surface area (Å²) in [7, 11) is 0. The van der Waals surface area contributed by atoms with E-state index in [9.17, 15) is 14.9 Å². The first kappa shape index (κ1) is 25.6. The zero-order chi connectivity index (χ0) is 25.8. The Bertz CT molecular complexity index is 1460. The molecule has 1 amide bonds. The molecule has 0 radical (unpaired) electrons. The molecule has 1 heterocycles. The molecule has 0 fully saturated rings. The van der Waals surface area contributed by atoms with Gasteiger partial charge in [0.25, 0.3) is 11.6 Å². The van der Waals surface area contributed by atoms with Crippen molar-refractivity contribution in [3.63, 3.8) is 0 Å². The Morgan fingerprint density at radius 3 is 2.56 bits per heavy atom. The van der Waals surface area contributed by atoms with Crippen molar-refractivity contribution in [2.45, 2.75) is 13.5 Å². The van der Waals surface area contributed by atoms with Crippen molar-refractivity contribution in [3.8, 4) is 17.2 Å². The summed E-state index contributed by atoms with van der Waals surface area (Å²) in [6.45, 7) is 1.84. The number of rotatable bonds is 8. The minimum atomic E-state index is -0.600. The Hall–Kier alpha value is -3.53. The van der Waals surface area contributed by atoms with Crippen LogP contribution in [0.5, 0.6) is 17.2 Å². The van der Waals surface area contributed by atoms with Crippen LogP contribution in [0.4, 0.5) is 11.4 Å². The van der Waals surface area contributed by atoms with Crippen molar-refractivity contribution in [2.75, 3.05) is 5.32 Å². The molecule has 1 N–H and O–H groups in total. The number of halogens is 3. The number of hydrogen-bond donors (Lipinski definition) is 1. The first-order chi connectivity index (χ1) is 17.2. The number of nitro groups is 1. The van der Waals surface area contributed by atoms with Crippen LogP contribution >= 0.6 is 39.1 Å². The molecular weight excluding hydrogens is 575 g/mol. The number of nitrogens with one attached hydrogen (secondary N) is 1. The number of nitrogens with zero attached hydrogens (tertiary/aromatic N) is 1. The highest BCUT2D eigenvalue weighted by atomic mass is 79.9. The van der Waals surface area contributed by atoms with E-state index in [0.29, 0.717) is 27.3 Å². The molecule has 4 aromatic rings. The molecular formula is C25H17BrCl2N2O6. The number of nitro benzene ring substituents is 1. The largest absolute Gasteiger partial charge is 0.484 e. The van der Waals surface area contributed by atoms with Crippen LogP contribution in [0.15, 0.2) is 75.6 Å². The lowest BCUT2D eigenvalue weighted by Crippen LogP contribution is -2.11. The van der Waals surface area contributed by atoms with Gasteiger partial charge in [0.2, 0.25) is 0 Å². The topological polar surface area (TPSA) is 104 Å². The van der Waals surface area contributed by atoms with Crippen LogP contribution in [0.3, 0.4) is 0 Å². The average Bonchev–Trinajstić information content (AvgIpc) is 3.29. The highest BCUT2D eigenvalue weighted by Gasteiger charge is 2.17. The van der Waals surface area contributed by atoms with Gasteiger partial charge in [-0.1, -0.05) is 39.1 Å². The number of furan rings is 1. The second kappa shape index (κ2) is 11.0. The van der Waals surface area contributed by atoms with E-state index < -0.39 is 10.8 Å². The van der Waals surface area contributed by atoms with Gasteiger partial charge in [0.15, 0.2) is 5.76 Å². The van der Waals surface area contributed by atoms with Gasteiger partial charge in [-0.15, -0.1) is 0 Å². The molecule has 0 saturated heterocycles. The Balaban J connectivity index is 1.48. The molecule has 8 nitrogen and oxygen atoms in total. The number of non-ortho nitro benzene ring substituents is 1. The van der Waals surface area contributed by atoms with Gasteiger partial charge in [0, 0.05) is 21.6 Å². The number of aryl methyl sites for hydroxylation is 1. The molecule has 0 aliphatic rings. The van der Waals surface area contributed by atoms with Gasteiger partial charge in [-0.3, -0.25) is 14.9 Å². The third-order valence-electron chi connectivity index (χ3n) is 4.87. The van der Waals surface area contributed by atoms with E-state index >= 15 is 0 Å². The molecule has 0 aliphatic heterocycles. The Kier molecular flexibility index (Phi) is 7.83. The van der Waals surface area contributed by atoms with E-state index in [1.54, 1.807) is 49.4 Å². The fraction of sp³-hybridized carbons (Fsp3) is 0.0800. The van der Waals surface area contributed by atoms with Crippen LogP contribution < -0.4 is 14.8 Å². The zero-order valence-electron chi connectivity index (χ0n) is 18.6. The summed E-state index contributed by atoms with van der Waals surface area (Å²) >= 11 is 15.4. The summed E-state index contributed by atoms with van der Waals surface area (Å²) in [6.07, 6.45) is 0. The van der Waals surface area contributed by atoms with Crippen LogP contribution in [-0.4, -0.2) is 10.8 Å². The lowest BCUT2D eigenvalue weighted by Gasteiger charge is -2.11. The Labute approximate surface area is 224 Å². The number of carbonyl (C=O) groups is 1. The molecule has 1 aromatic heterocycles. The summed E-state index contributed by atoms with van der Waals surface area (Å²) in [4.78, 5) is 23.6. The van der Waals surface area contributed by atoms with Crippen molar-refractivity contribution in [2.24, 2.45) is 0 Å². The summed E-state index contributed by atoms with van der Waals surface area (Å²) in [5.74, 6) is 0.890. The first-order valence-corrected chi connectivity index (χ1v) is 11.9. The lowest BCUT2D eigenvalue weighted by molar-refractivity contribution is -0.384. The minimum absolute atomic E-state index is 0.00183. The highest BCUT2D eigenvalue weighted by molar-refractivity contribution is 9.10. The fourth-order valence-corrected chi connectivity index (χ4v) is 4.14. The molecule has 0 spiro atoms. The van der Waals surface area contributed by atoms with Gasteiger partial charge in [-0.25, -0.2) is 0 Å². The summed E-state index contributed by atoms with van der Waals surface area (Å²) in [6, 6.07) is 17.2. The van der Waals surface area contributed by atoms with E-state index in [0.717, 1.165) is 10.0 Å². The number of hydrogen-bond acceptors (Lipinski definition) is 6. The number of anilines is 1. The van der Waals surface area contributed by atoms with Crippen LogP contribution in [0.1, 0.15) is 21.9 Å². The number of carbonyl (C=O) groups excluding carboxylic acids is 1. The second-order valence-corrected chi connectivity index (χ2v) is 9.33. The predicted molar refractivity (Wildman–Crippen MR) is 140 cm³/mol. The van der Waals surface area contributed by atoms with E-state index in [1.807, 2.05) is 0 Å². The molecule has 0 aliphatic carbocycles. The van der Waals surface area contributed by atoms with Crippen LogP contribution in [0.25, 0.3) is 0 Å². The molecule has 0 bridgehead atoms. The average molecular weight is 592 g/mol. The molecule has 3 aromatic carbocycles. The van der Waals surface area contributed by atoms with E-state index in [2.05, 4.69) is 21.2 Å². The second-order valence-electron chi connectivity index (χ2n) is 7.57. The van der Waals surface area contributed by atoms with Gasteiger partial charge >= 0.3 is 0 Å². The smallest absolute Gasteiger partial charge is 0.291 e. The number of ether oxygens (including phenoxy) is 2. The van der Waals surface area contributed by atoms with Gasteiger partial charge in [-0.2, -0.15) is 0 Å². The summed E-state index contributed by atoms with van der Waals surface area (Å²) in [5, 5.41) is 15.0. The van der Waals surface area contributed by atoms with Gasteiger partial charge in [0.1, 0.15) is 29.6 Å². The molecule has 0 atom stereocenters. The fourth-order valence-electron chi connectivity index (χ4n) is 3.19. The molecule has 0 saturated carbocycles. The SMILES string of the molecule is Cc1cc(Cl)ccc1Oc1cc(NC(=O)c2ccc(COc3ccc(Br)cc3Cl)o2)cc([N+](=O)[O-])c1. The number of benzene rings is 3. The summed E-state index contributed by atoms with van der Waals surface area (Å²) < 4.78 is 17.8. The van der Waals surface area contributed by atoms with Gasteiger partial charge < -0.3 is 19.2 Å². The minimum Gasteiger partial charge on any atom is -0.484 e. The monoisotopic (exact) mass is 590 g/mol. The van der Waals surface area contributed by atoms with Gasteiger partial charge in [0.05, 0.1) is 21.7 Å². The standard InChI is InChI=1S/C25H17BrCl2N2O6/c1-14-8-16(27)3-6-22(14)36-20-11-17(10-18(12-20)30(32)33)29-25(31)24-7-4-19(35-24)13-34-23-5-2-15(26)9-21(23)28/h2-12H,13H2,1H3,(H,29,31). The van der Waals surface area contributed by atoms with Crippen molar-refractivity contribution in [3.05, 3.63) is 108 Å². The normalized spacial score (nSPS) is 10.7. The molecule has 4 rings (SSSR count). The van der Waals surface area contributed by atoms with E-state index in [4.69, 9.17) is 37.1 Å². The zero-order valence-corrected chi connectivity index (χ0v) is 21.7. The maximum atomic E-state index is 12.7. The van der Waals surface area contributed by atoms with Crippen LogP contribution in [0.2, 0.25) is 10.0 Å². The first-order valence-electron chi connectivity index (χ1n) is 10.4. The van der Waals surface area contributed by atoms with E-state index in [-0.39, 0.29) is 29.5 Å². The van der Waals surface area contributed by atoms with Crippen molar-refractivity contribution >= 4 is 56.4 Å². The van der Waals surface area contributed by atoms with Crippen molar-refractivity contribution in [1.82, 2.24) is 0 Å². The van der Waals surface area contributed by atoms with Crippen LogP contribution in [0, 0.1) is 17.0 Å². The van der Waals surface area contributed by atoms with Crippen molar-refractivity contribution < 1.29 is 23.6 Å². The Morgan fingerprint density at radius 1 is 1.06 bits per heavy atom. The maximum absolute atomic E-state index is 12.7. The molecule has 184 valence electrons. The van der Waals surface area contributed by atoms with Crippen molar-refractivity contribution in [1.29, 1.82) is 0 Å². The maximum Gasteiger partial charge on any atom is 0.291 e. The molecule has 0 unspecified atom stereocenters. The lowest BCUT2D eigenvalue weighted by atomic mass is 10.2. The van der Waals surface area contributed by atoms with Crippen LogP contribution in [-0.2, 0) is 6.61 Å². The molecule has 36 heavy (non-hydrogen) atoms. The quantitative estimate of drug-likeness (QED) is 0.164. The third kappa shape index (κ3) is 6.37. The third-order valence-corrected chi connectivity index (χ3v) is 5.90. The number of amides is 1. The predicted octanol–water partition coefficient (Wildman–Crippen LogP) is 8.19. The molecule has 11 heteroatoms. The van der Waals surface area contributed by atoms with Gasteiger partial charge in [-0.05, 0) is 61.0 Å².